The Hall–Kier alpha value is -2.10. The monoisotopic (exact) mass is 485 g/mol. The van der Waals surface area contributed by atoms with Crippen molar-refractivity contribution in [2.45, 2.75) is 46.1 Å². The maximum Gasteiger partial charge on any atom is 0.421 e. The van der Waals surface area contributed by atoms with E-state index < -0.39 is 17.8 Å². The molecule has 0 bridgehead atoms. The Labute approximate surface area is 172 Å². The van der Waals surface area contributed by atoms with Gasteiger partial charge in [-0.3, -0.25) is 5.32 Å². The number of halogens is 1. The molecule has 0 spiro atoms. The zero-order valence-corrected chi connectivity index (χ0v) is 18.1. The lowest BCUT2D eigenvalue weighted by atomic mass is 10.2. The fraction of sp³-hybridized carbons (Fsp3) is 0.421. The van der Waals surface area contributed by atoms with Crippen LogP contribution in [-0.2, 0) is 9.47 Å². The number of benzene rings is 1. The quantitative estimate of drug-likeness (QED) is 0.460. The maximum atomic E-state index is 12.8. The van der Waals surface area contributed by atoms with E-state index in [-0.39, 0.29) is 5.95 Å². The molecule has 2 aromatic rings. The van der Waals surface area contributed by atoms with Crippen LogP contribution in [0.4, 0.5) is 15.5 Å². The van der Waals surface area contributed by atoms with Crippen molar-refractivity contribution in [2.75, 3.05) is 11.9 Å². The second-order valence-corrected chi connectivity index (χ2v) is 8.15. The summed E-state index contributed by atoms with van der Waals surface area (Å²) in [5.41, 5.74) is 0.606. The molecule has 1 aromatic heterocycles. The Kier molecular flexibility index (Phi) is 7.23. The van der Waals surface area contributed by atoms with Crippen LogP contribution in [0.2, 0.25) is 0 Å². The van der Waals surface area contributed by atoms with Crippen LogP contribution in [0, 0.1) is 3.57 Å². The highest BCUT2D eigenvalue weighted by molar-refractivity contribution is 14.1. The molecule has 0 atom stereocenters. The number of amides is 1. The third-order valence-corrected chi connectivity index (χ3v) is 4.14. The van der Waals surface area contributed by atoms with Crippen molar-refractivity contribution < 1.29 is 19.1 Å². The van der Waals surface area contributed by atoms with Crippen molar-refractivity contribution >= 4 is 40.7 Å². The van der Waals surface area contributed by atoms with E-state index in [1.54, 1.807) is 20.8 Å². The van der Waals surface area contributed by atoms with E-state index in [0.717, 1.165) is 22.0 Å². The molecule has 7 nitrogen and oxygen atoms in total. The van der Waals surface area contributed by atoms with Crippen LogP contribution >= 0.6 is 22.6 Å². The van der Waals surface area contributed by atoms with Crippen molar-refractivity contribution in [1.29, 1.82) is 0 Å². The third kappa shape index (κ3) is 6.23. The fourth-order valence-electron chi connectivity index (χ4n) is 2.19. The SMILES string of the molecule is CCCCOC(=O)Nc1ncc(-c2ccc(I)cc2)n1C(=O)OC(C)(C)C. The van der Waals surface area contributed by atoms with Gasteiger partial charge in [-0.15, -0.1) is 0 Å². The molecule has 1 aromatic carbocycles. The van der Waals surface area contributed by atoms with Crippen LogP contribution < -0.4 is 5.32 Å². The molecule has 0 aliphatic rings. The highest BCUT2D eigenvalue weighted by atomic mass is 127. The van der Waals surface area contributed by atoms with Gasteiger partial charge in [0.15, 0.2) is 0 Å². The molecule has 0 unspecified atom stereocenters. The standard InChI is InChI=1S/C19H24IN3O4/c1-5-6-11-26-17(24)22-16-21-12-15(13-7-9-14(20)10-8-13)23(16)18(25)27-19(2,3)4/h7-10,12H,5-6,11H2,1-4H3,(H,21,22,24). The van der Waals surface area contributed by atoms with Gasteiger partial charge in [0.1, 0.15) is 5.60 Å². The van der Waals surface area contributed by atoms with Gasteiger partial charge in [0.25, 0.3) is 0 Å². The van der Waals surface area contributed by atoms with Crippen LogP contribution in [0.25, 0.3) is 11.3 Å². The molecule has 0 saturated heterocycles. The van der Waals surface area contributed by atoms with Gasteiger partial charge in [0.05, 0.1) is 18.5 Å². The molecule has 0 fully saturated rings. The minimum atomic E-state index is -0.691. The second kappa shape index (κ2) is 9.20. The van der Waals surface area contributed by atoms with Gasteiger partial charge in [0, 0.05) is 9.13 Å². The summed E-state index contributed by atoms with van der Waals surface area (Å²) in [6.07, 6.45) is 1.91. The Morgan fingerprint density at radius 2 is 1.89 bits per heavy atom. The van der Waals surface area contributed by atoms with Crippen LogP contribution in [0.3, 0.4) is 0 Å². The Bertz CT molecular complexity index is 794. The summed E-state index contributed by atoms with van der Waals surface area (Å²) in [7, 11) is 0. The Morgan fingerprint density at radius 3 is 2.48 bits per heavy atom. The number of ether oxygens (including phenoxy) is 2. The van der Waals surface area contributed by atoms with E-state index in [2.05, 4.69) is 32.9 Å². The first kappa shape index (κ1) is 21.2. The smallest absolute Gasteiger partial charge is 0.421 e. The van der Waals surface area contributed by atoms with Crippen molar-refractivity contribution in [3.05, 3.63) is 34.0 Å². The number of nitrogens with one attached hydrogen (secondary N) is 1. The first-order valence-corrected chi connectivity index (χ1v) is 9.80. The Balaban J connectivity index is 2.34. The minimum Gasteiger partial charge on any atom is -0.449 e. The molecule has 146 valence electrons. The average molecular weight is 485 g/mol. The van der Waals surface area contributed by atoms with Gasteiger partial charge in [-0.2, -0.15) is 0 Å². The van der Waals surface area contributed by atoms with Gasteiger partial charge < -0.3 is 9.47 Å². The molecular weight excluding hydrogens is 461 g/mol. The number of anilines is 1. The van der Waals surface area contributed by atoms with Gasteiger partial charge in [-0.1, -0.05) is 25.5 Å². The van der Waals surface area contributed by atoms with Crippen LogP contribution in [-0.4, -0.2) is 33.9 Å². The summed E-state index contributed by atoms with van der Waals surface area (Å²) in [5, 5.41) is 2.53. The molecule has 0 aliphatic heterocycles. The molecule has 1 N–H and O–H groups in total. The molecule has 0 saturated carbocycles. The number of carbonyl (C=O) groups excluding carboxylic acids is 2. The number of unbranched alkanes of at least 4 members (excludes halogenated alkanes) is 1. The summed E-state index contributed by atoms with van der Waals surface area (Å²) >= 11 is 2.21. The van der Waals surface area contributed by atoms with Gasteiger partial charge in [-0.25, -0.2) is 19.1 Å². The first-order valence-electron chi connectivity index (χ1n) is 8.72. The maximum absolute atomic E-state index is 12.8. The second-order valence-electron chi connectivity index (χ2n) is 6.90. The van der Waals surface area contributed by atoms with E-state index in [4.69, 9.17) is 9.47 Å². The molecule has 1 amide bonds. The summed E-state index contributed by atoms with van der Waals surface area (Å²) in [4.78, 5) is 28.9. The fourth-order valence-corrected chi connectivity index (χ4v) is 2.55. The molecular formula is C19H24IN3O4. The predicted octanol–water partition coefficient (Wildman–Crippen LogP) is 5.29. The van der Waals surface area contributed by atoms with Crippen molar-refractivity contribution in [3.8, 4) is 11.3 Å². The van der Waals surface area contributed by atoms with E-state index in [9.17, 15) is 9.59 Å². The average Bonchev–Trinajstić information content (AvgIpc) is 2.98. The van der Waals surface area contributed by atoms with Crippen LogP contribution in [0.15, 0.2) is 30.5 Å². The summed E-state index contributed by atoms with van der Waals surface area (Å²) in [6.45, 7) is 7.64. The number of imidazole rings is 1. The first-order chi connectivity index (χ1) is 12.7. The lowest BCUT2D eigenvalue weighted by molar-refractivity contribution is 0.0543. The normalized spacial score (nSPS) is 11.1. The molecule has 0 aliphatic carbocycles. The van der Waals surface area contributed by atoms with E-state index in [1.807, 2.05) is 31.2 Å². The summed E-state index contributed by atoms with van der Waals surface area (Å²) < 4.78 is 12.9. The zero-order chi connectivity index (χ0) is 20.0. The van der Waals surface area contributed by atoms with E-state index >= 15 is 0 Å². The molecule has 8 heteroatoms. The van der Waals surface area contributed by atoms with Gasteiger partial charge in [-0.05, 0) is 61.9 Å². The van der Waals surface area contributed by atoms with Crippen LogP contribution in [0.1, 0.15) is 40.5 Å². The highest BCUT2D eigenvalue weighted by Crippen LogP contribution is 2.25. The molecule has 27 heavy (non-hydrogen) atoms. The van der Waals surface area contributed by atoms with Crippen LogP contribution in [0.5, 0.6) is 0 Å². The summed E-state index contributed by atoms with van der Waals surface area (Å²) in [6, 6.07) is 7.61. The van der Waals surface area contributed by atoms with E-state index in [0.29, 0.717) is 12.3 Å². The lowest BCUT2D eigenvalue weighted by Crippen LogP contribution is -2.29. The lowest BCUT2D eigenvalue weighted by Gasteiger charge is -2.21. The number of nitrogens with zero attached hydrogens (tertiary/aromatic N) is 2. The third-order valence-electron chi connectivity index (χ3n) is 3.42. The molecule has 2 rings (SSSR count). The highest BCUT2D eigenvalue weighted by Gasteiger charge is 2.25. The number of aromatic nitrogens is 2. The molecule has 1 heterocycles. The van der Waals surface area contributed by atoms with Gasteiger partial charge in [0.2, 0.25) is 5.95 Å². The number of rotatable bonds is 5. The van der Waals surface area contributed by atoms with E-state index in [1.165, 1.54) is 10.8 Å². The topological polar surface area (TPSA) is 82.5 Å². The summed E-state index contributed by atoms with van der Waals surface area (Å²) in [5.74, 6) is 0.0549. The predicted molar refractivity (Wildman–Crippen MR) is 112 cm³/mol. The van der Waals surface area contributed by atoms with Gasteiger partial charge >= 0.3 is 12.2 Å². The number of hydrogen-bond acceptors (Lipinski definition) is 5. The Morgan fingerprint density at radius 1 is 1.22 bits per heavy atom. The number of hydrogen-bond donors (Lipinski definition) is 1. The largest absolute Gasteiger partial charge is 0.449 e. The minimum absolute atomic E-state index is 0.0549. The molecule has 0 radical (unpaired) electrons. The number of carbonyl (C=O) groups is 2. The van der Waals surface area contributed by atoms with Crippen molar-refractivity contribution in [3.63, 3.8) is 0 Å². The van der Waals surface area contributed by atoms with Crippen molar-refractivity contribution in [1.82, 2.24) is 9.55 Å². The van der Waals surface area contributed by atoms with Crippen molar-refractivity contribution in [2.24, 2.45) is 0 Å². The zero-order valence-electron chi connectivity index (χ0n) is 15.9.